The number of nitrogens with zero attached hydrogens (tertiary/aromatic N) is 4. The van der Waals surface area contributed by atoms with Gasteiger partial charge in [-0.1, -0.05) is 18.2 Å². The van der Waals surface area contributed by atoms with Crippen LogP contribution in [0.15, 0.2) is 55.1 Å². The Morgan fingerprint density at radius 3 is 2.74 bits per heavy atom. The summed E-state index contributed by atoms with van der Waals surface area (Å²) in [6.07, 6.45) is 7.71. The molecule has 6 heteroatoms. The molecule has 0 N–H and O–H groups in total. The summed E-state index contributed by atoms with van der Waals surface area (Å²) >= 11 is 0. The van der Waals surface area contributed by atoms with E-state index in [1.807, 2.05) is 30.3 Å². The molecule has 23 heavy (non-hydrogen) atoms. The summed E-state index contributed by atoms with van der Waals surface area (Å²) in [6, 6.07) is 9.69. The van der Waals surface area contributed by atoms with Crippen LogP contribution in [0.1, 0.15) is 16.9 Å². The van der Waals surface area contributed by atoms with Crippen molar-refractivity contribution in [3.05, 3.63) is 60.8 Å². The van der Waals surface area contributed by atoms with Gasteiger partial charge < -0.3 is 14.0 Å². The van der Waals surface area contributed by atoms with E-state index in [4.69, 9.17) is 4.74 Å². The van der Waals surface area contributed by atoms with Gasteiger partial charge in [-0.15, -0.1) is 0 Å². The number of carbonyl (C=O) groups excluding carboxylic acids is 1. The second-order valence-corrected chi connectivity index (χ2v) is 5.53. The first-order valence-electron chi connectivity index (χ1n) is 7.60. The molecule has 1 saturated heterocycles. The fraction of sp³-hybridized carbons (Fsp3) is 0.235. The molecule has 3 aromatic rings. The van der Waals surface area contributed by atoms with Crippen LogP contribution in [0.5, 0.6) is 5.75 Å². The van der Waals surface area contributed by atoms with Gasteiger partial charge in [-0.05, 0) is 12.1 Å². The van der Waals surface area contributed by atoms with Crippen LogP contribution in [0.4, 0.5) is 0 Å². The zero-order valence-electron chi connectivity index (χ0n) is 12.5. The highest BCUT2D eigenvalue weighted by Gasteiger charge is 2.30. The molecule has 0 aliphatic carbocycles. The first-order chi connectivity index (χ1) is 11.3. The largest absolute Gasteiger partial charge is 0.489 e. The lowest BCUT2D eigenvalue weighted by molar-refractivity contribution is 0.0768. The van der Waals surface area contributed by atoms with Crippen LogP contribution in [0.2, 0.25) is 0 Å². The predicted molar refractivity (Wildman–Crippen MR) is 84.4 cm³/mol. The summed E-state index contributed by atoms with van der Waals surface area (Å²) in [5.74, 6) is 0.737. The lowest BCUT2D eigenvalue weighted by Gasteiger charge is -2.17. The van der Waals surface area contributed by atoms with Gasteiger partial charge in [0.05, 0.1) is 6.54 Å². The van der Waals surface area contributed by atoms with Crippen LogP contribution >= 0.6 is 0 Å². The summed E-state index contributed by atoms with van der Waals surface area (Å²) in [6.45, 7) is 1.23. The molecule has 1 fully saturated rings. The van der Waals surface area contributed by atoms with E-state index in [2.05, 4.69) is 9.97 Å². The SMILES string of the molecule is O=C(c1nccn2ccnc12)N1CC[C@H](Oc2ccccc2)C1. The van der Waals surface area contributed by atoms with Crippen LogP contribution < -0.4 is 4.74 Å². The van der Waals surface area contributed by atoms with Gasteiger partial charge in [0.1, 0.15) is 11.9 Å². The van der Waals surface area contributed by atoms with Gasteiger partial charge in [0.2, 0.25) is 0 Å². The molecule has 0 saturated carbocycles. The molecule has 6 nitrogen and oxygen atoms in total. The number of ether oxygens (including phenoxy) is 1. The van der Waals surface area contributed by atoms with E-state index in [0.717, 1.165) is 12.2 Å². The second-order valence-electron chi connectivity index (χ2n) is 5.53. The lowest BCUT2D eigenvalue weighted by atomic mass is 10.3. The second kappa shape index (κ2) is 5.72. The maximum Gasteiger partial charge on any atom is 0.276 e. The van der Waals surface area contributed by atoms with Crippen molar-refractivity contribution < 1.29 is 9.53 Å². The number of hydrogen-bond acceptors (Lipinski definition) is 4. The van der Waals surface area contributed by atoms with Crippen molar-refractivity contribution in [2.45, 2.75) is 12.5 Å². The van der Waals surface area contributed by atoms with Gasteiger partial charge in [0, 0.05) is 37.8 Å². The Morgan fingerprint density at radius 1 is 1.13 bits per heavy atom. The van der Waals surface area contributed by atoms with Crippen LogP contribution in [0, 0.1) is 0 Å². The van der Waals surface area contributed by atoms with Crippen molar-refractivity contribution in [3.8, 4) is 5.75 Å². The third-order valence-electron chi connectivity index (χ3n) is 3.99. The number of benzene rings is 1. The van der Waals surface area contributed by atoms with E-state index in [1.54, 1.807) is 34.1 Å². The monoisotopic (exact) mass is 308 g/mol. The third kappa shape index (κ3) is 2.63. The van der Waals surface area contributed by atoms with Crippen molar-refractivity contribution in [1.82, 2.24) is 19.3 Å². The normalized spacial score (nSPS) is 17.6. The van der Waals surface area contributed by atoms with E-state index in [1.165, 1.54) is 0 Å². The van der Waals surface area contributed by atoms with E-state index in [9.17, 15) is 4.79 Å². The van der Waals surface area contributed by atoms with Crippen LogP contribution in [0.3, 0.4) is 0 Å². The Hall–Kier alpha value is -2.89. The molecular weight excluding hydrogens is 292 g/mol. The van der Waals surface area contributed by atoms with Gasteiger partial charge in [-0.25, -0.2) is 9.97 Å². The number of imidazole rings is 1. The maximum atomic E-state index is 12.7. The predicted octanol–water partition coefficient (Wildman–Crippen LogP) is 2.02. The third-order valence-corrected chi connectivity index (χ3v) is 3.99. The minimum absolute atomic E-state index is 0.0147. The zero-order valence-corrected chi connectivity index (χ0v) is 12.5. The molecular formula is C17H16N4O2. The molecule has 4 rings (SSSR count). The number of likely N-dealkylation sites (tertiary alicyclic amines) is 1. The smallest absolute Gasteiger partial charge is 0.276 e. The minimum Gasteiger partial charge on any atom is -0.489 e. The molecule has 0 spiro atoms. The lowest BCUT2D eigenvalue weighted by Crippen LogP contribution is -2.31. The van der Waals surface area contributed by atoms with Crippen molar-refractivity contribution in [3.63, 3.8) is 0 Å². The number of para-hydroxylation sites is 1. The van der Waals surface area contributed by atoms with Gasteiger partial charge in [-0.2, -0.15) is 0 Å². The van der Waals surface area contributed by atoms with Crippen molar-refractivity contribution >= 4 is 11.6 Å². The molecule has 0 radical (unpaired) electrons. The van der Waals surface area contributed by atoms with Crippen molar-refractivity contribution in [1.29, 1.82) is 0 Å². The summed E-state index contributed by atoms with van der Waals surface area (Å²) < 4.78 is 7.73. The fourth-order valence-corrected chi connectivity index (χ4v) is 2.86. The van der Waals surface area contributed by atoms with Crippen molar-refractivity contribution in [2.24, 2.45) is 0 Å². The molecule has 1 aliphatic rings. The number of aromatic nitrogens is 3. The minimum atomic E-state index is -0.0963. The van der Waals surface area contributed by atoms with Crippen LogP contribution in [0.25, 0.3) is 5.65 Å². The first kappa shape index (κ1) is 13.8. The highest BCUT2D eigenvalue weighted by molar-refractivity contribution is 5.97. The number of carbonyl (C=O) groups is 1. The molecule has 1 amide bonds. The number of fused-ring (bicyclic) bond motifs is 1. The quantitative estimate of drug-likeness (QED) is 0.743. The molecule has 3 heterocycles. The number of hydrogen-bond donors (Lipinski definition) is 0. The molecule has 0 bridgehead atoms. The molecule has 0 unspecified atom stereocenters. The van der Waals surface area contributed by atoms with Crippen LogP contribution in [-0.2, 0) is 0 Å². The Balaban J connectivity index is 1.49. The zero-order chi connectivity index (χ0) is 15.6. The van der Waals surface area contributed by atoms with E-state index in [-0.39, 0.29) is 12.0 Å². The fourth-order valence-electron chi connectivity index (χ4n) is 2.86. The Kier molecular flexibility index (Phi) is 3.42. The molecule has 1 atom stereocenters. The Labute approximate surface area is 133 Å². The first-order valence-corrected chi connectivity index (χ1v) is 7.60. The molecule has 1 aliphatic heterocycles. The summed E-state index contributed by atoms with van der Waals surface area (Å²) in [5, 5.41) is 0. The van der Waals surface area contributed by atoms with Gasteiger partial charge in [0.15, 0.2) is 11.3 Å². The van der Waals surface area contributed by atoms with Gasteiger partial charge in [-0.3, -0.25) is 4.79 Å². The van der Waals surface area contributed by atoms with E-state index in [0.29, 0.717) is 24.4 Å². The molecule has 1 aromatic carbocycles. The Bertz CT molecular complexity index is 831. The molecule has 116 valence electrons. The Morgan fingerprint density at radius 2 is 1.91 bits per heavy atom. The maximum absolute atomic E-state index is 12.7. The average Bonchev–Trinajstić information content (AvgIpc) is 3.24. The highest BCUT2D eigenvalue weighted by Crippen LogP contribution is 2.20. The van der Waals surface area contributed by atoms with E-state index < -0.39 is 0 Å². The summed E-state index contributed by atoms with van der Waals surface area (Å²) in [4.78, 5) is 22.9. The molecule has 2 aromatic heterocycles. The summed E-state index contributed by atoms with van der Waals surface area (Å²) in [7, 11) is 0. The standard InChI is InChI=1S/C17H16N4O2/c22-17(15-16-19-8-11-20(16)10-7-18-15)21-9-6-14(12-21)23-13-4-2-1-3-5-13/h1-5,7-8,10-11,14H,6,9,12H2/t14-/m0/s1. The van der Waals surface area contributed by atoms with Gasteiger partial charge >= 0.3 is 0 Å². The summed E-state index contributed by atoms with van der Waals surface area (Å²) in [5.41, 5.74) is 0.975. The topological polar surface area (TPSA) is 59.7 Å². The number of rotatable bonds is 3. The number of amides is 1. The average molecular weight is 308 g/mol. The van der Waals surface area contributed by atoms with Gasteiger partial charge in [0.25, 0.3) is 5.91 Å². The highest BCUT2D eigenvalue weighted by atomic mass is 16.5. The van der Waals surface area contributed by atoms with Crippen LogP contribution in [-0.4, -0.2) is 44.4 Å². The van der Waals surface area contributed by atoms with Crippen molar-refractivity contribution in [2.75, 3.05) is 13.1 Å². The van der Waals surface area contributed by atoms with E-state index >= 15 is 0 Å².